The monoisotopic (exact) mass is 510 g/mol. The Morgan fingerprint density at radius 2 is 0.688 bits per heavy atom. The summed E-state index contributed by atoms with van der Waals surface area (Å²) in [5, 5.41) is 25.0. The summed E-state index contributed by atoms with van der Waals surface area (Å²) >= 11 is 0. The van der Waals surface area contributed by atoms with Crippen LogP contribution in [0.25, 0.3) is 0 Å². The standard InChI is InChI=1S/3C6H14N2O2.2ClH/c3*7-4-2-1-3-5(8)6(9)10;;/h3*5H,1-4,7-8H2,(H,9,10);2*1H/t3*5-;;/m000../s1. The van der Waals surface area contributed by atoms with E-state index in [1.165, 1.54) is 0 Å². The van der Waals surface area contributed by atoms with Gasteiger partial charge in [-0.05, 0) is 58.2 Å². The fourth-order valence-corrected chi connectivity index (χ4v) is 1.90. The van der Waals surface area contributed by atoms with Crippen LogP contribution < -0.4 is 34.4 Å². The van der Waals surface area contributed by atoms with Gasteiger partial charge in [-0.1, -0.05) is 19.3 Å². The van der Waals surface area contributed by atoms with E-state index in [4.69, 9.17) is 49.7 Å². The van der Waals surface area contributed by atoms with E-state index in [-0.39, 0.29) is 24.8 Å². The van der Waals surface area contributed by atoms with Crippen molar-refractivity contribution in [2.45, 2.75) is 75.9 Å². The molecule has 0 radical (unpaired) electrons. The molecule has 0 amide bonds. The number of carboxylic acids is 3. The molecule has 0 bridgehead atoms. The van der Waals surface area contributed by atoms with Crippen molar-refractivity contribution < 1.29 is 29.7 Å². The Labute approximate surface area is 202 Å². The zero-order valence-electron chi connectivity index (χ0n) is 18.6. The van der Waals surface area contributed by atoms with E-state index in [1.807, 2.05) is 0 Å². The van der Waals surface area contributed by atoms with Gasteiger partial charge in [0.1, 0.15) is 18.1 Å². The van der Waals surface area contributed by atoms with E-state index in [9.17, 15) is 14.4 Å². The number of hydrogen-bond donors (Lipinski definition) is 9. The predicted octanol–water partition coefficient (Wildman–Crippen LogP) is -0.574. The van der Waals surface area contributed by atoms with Crippen LogP contribution in [0.4, 0.5) is 0 Å². The normalized spacial score (nSPS) is 12.2. The molecule has 0 fully saturated rings. The Kier molecular flexibility index (Phi) is 38.2. The quantitative estimate of drug-likeness (QED) is 0.125. The maximum absolute atomic E-state index is 10.1. The fraction of sp³-hybridized carbons (Fsp3) is 0.833. The first-order valence-electron chi connectivity index (χ1n) is 10.1. The molecule has 0 aromatic heterocycles. The molecule has 0 aliphatic carbocycles. The van der Waals surface area contributed by atoms with Crippen molar-refractivity contribution in [2.24, 2.45) is 34.4 Å². The molecule has 12 nitrogen and oxygen atoms in total. The van der Waals surface area contributed by atoms with Crippen molar-refractivity contribution in [1.82, 2.24) is 0 Å². The van der Waals surface area contributed by atoms with Gasteiger partial charge in [-0.2, -0.15) is 0 Å². The molecule has 0 unspecified atom stereocenters. The summed E-state index contributed by atoms with van der Waals surface area (Å²) in [6.07, 6.45) is 6.49. The highest BCUT2D eigenvalue weighted by Crippen LogP contribution is 1.98. The Bertz CT molecular complexity index is 390. The van der Waals surface area contributed by atoms with Gasteiger partial charge in [0.2, 0.25) is 0 Å². The number of hydrogen-bond acceptors (Lipinski definition) is 9. The summed E-state index contributed by atoms with van der Waals surface area (Å²) in [5.74, 6) is -2.80. The second-order valence-electron chi connectivity index (χ2n) is 6.69. The first-order valence-corrected chi connectivity index (χ1v) is 10.1. The highest BCUT2D eigenvalue weighted by molar-refractivity contribution is 5.85. The highest BCUT2D eigenvalue weighted by atomic mass is 35.5. The maximum Gasteiger partial charge on any atom is 0.320 e. The Morgan fingerprint density at radius 3 is 0.812 bits per heavy atom. The van der Waals surface area contributed by atoms with Gasteiger partial charge in [0.25, 0.3) is 0 Å². The maximum atomic E-state index is 10.1. The lowest BCUT2D eigenvalue weighted by molar-refractivity contribution is -0.139. The number of halogens is 2. The van der Waals surface area contributed by atoms with Crippen LogP contribution in [0, 0.1) is 0 Å². The minimum absolute atomic E-state index is 0. The molecule has 0 aliphatic heterocycles. The van der Waals surface area contributed by atoms with Crippen LogP contribution in [-0.2, 0) is 14.4 Å². The number of carboxylic acid groups (broad SMARTS) is 3. The molecule has 3 atom stereocenters. The van der Waals surface area contributed by atoms with Gasteiger partial charge in [-0.3, -0.25) is 14.4 Å². The molecule has 0 rings (SSSR count). The van der Waals surface area contributed by atoms with Crippen LogP contribution in [0.1, 0.15) is 57.8 Å². The van der Waals surface area contributed by atoms with Crippen molar-refractivity contribution in [1.29, 1.82) is 0 Å². The van der Waals surface area contributed by atoms with Gasteiger partial charge >= 0.3 is 17.9 Å². The zero-order valence-corrected chi connectivity index (χ0v) is 20.2. The number of nitrogens with two attached hydrogens (primary N) is 6. The third-order valence-electron chi connectivity index (χ3n) is 3.86. The summed E-state index contributed by atoms with van der Waals surface area (Å²) in [4.78, 5) is 30.4. The number of rotatable bonds is 15. The third kappa shape index (κ3) is 33.4. The van der Waals surface area contributed by atoms with Gasteiger partial charge in [0.15, 0.2) is 0 Å². The van der Waals surface area contributed by atoms with E-state index in [2.05, 4.69) is 0 Å². The van der Waals surface area contributed by atoms with E-state index in [0.29, 0.717) is 38.9 Å². The van der Waals surface area contributed by atoms with Gasteiger partial charge in [0, 0.05) is 0 Å². The summed E-state index contributed by atoms with van der Waals surface area (Å²) in [5.41, 5.74) is 31.3. The molecule has 0 aliphatic rings. The average Bonchev–Trinajstić information content (AvgIpc) is 2.69. The van der Waals surface area contributed by atoms with Crippen molar-refractivity contribution >= 4 is 42.7 Å². The molecule has 14 heteroatoms. The summed E-state index contributed by atoms with van der Waals surface area (Å²) in [7, 11) is 0. The van der Waals surface area contributed by atoms with Crippen molar-refractivity contribution in [3.05, 3.63) is 0 Å². The molecule has 32 heavy (non-hydrogen) atoms. The topological polar surface area (TPSA) is 268 Å². The molecule has 0 heterocycles. The van der Waals surface area contributed by atoms with Gasteiger partial charge in [0.05, 0.1) is 0 Å². The second kappa shape index (κ2) is 29.8. The second-order valence-corrected chi connectivity index (χ2v) is 6.69. The molecular weight excluding hydrogens is 467 g/mol. The zero-order chi connectivity index (χ0) is 23.9. The van der Waals surface area contributed by atoms with Gasteiger partial charge in [-0.15, -0.1) is 24.8 Å². The fourth-order valence-electron chi connectivity index (χ4n) is 1.90. The average molecular weight is 511 g/mol. The molecule has 0 aromatic rings. The minimum atomic E-state index is -0.933. The summed E-state index contributed by atoms with van der Waals surface area (Å²) in [6, 6.07) is -2.15. The van der Waals surface area contributed by atoms with Crippen LogP contribution >= 0.6 is 24.8 Å². The Balaban J connectivity index is -0.000000110. The van der Waals surface area contributed by atoms with E-state index in [1.54, 1.807) is 0 Å². The van der Waals surface area contributed by atoms with E-state index < -0.39 is 36.0 Å². The lowest BCUT2D eigenvalue weighted by Gasteiger charge is -2.03. The summed E-state index contributed by atoms with van der Waals surface area (Å²) in [6.45, 7) is 1.81. The Hall–Kier alpha value is -1.25. The van der Waals surface area contributed by atoms with Crippen LogP contribution in [0.2, 0.25) is 0 Å². The molecular formula is C18H44Cl2N6O6. The number of carbonyl (C=O) groups is 3. The van der Waals surface area contributed by atoms with Crippen molar-refractivity contribution in [3.8, 4) is 0 Å². The molecule has 0 saturated heterocycles. The SMILES string of the molecule is Cl.Cl.NCCCC[C@H](N)C(=O)O.NCCCC[C@H](N)C(=O)O.NCCCC[C@H](N)C(=O)O. The Morgan fingerprint density at radius 1 is 0.500 bits per heavy atom. The van der Waals surface area contributed by atoms with Crippen LogP contribution in [0.5, 0.6) is 0 Å². The molecule has 15 N–H and O–H groups in total. The molecule has 196 valence electrons. The van der Waals surface area contributed by atoms with Crippen LogP contribution in [-0.4, -0.2) is 71.0 Å². The summed E-state index contributed by atoms with van der Waals surface area (Å²) < 4.78 is 0. The first-order chi connectivity index (χ1) is 14.0. The van der Waals surface area contributed by atoms with Gasteiger partial charge in [-0.25, -0.2) is 0 Å². The highest BCUT2D eigenvalue weighted by Gasteiger charge is 2.10. The van der Waals surface area contributed by atoms with Crippen molar-refractivity contribution in [2.75, 3.05) is 19.6 Å². The molecule has 0 saturated carbocycles. The molecule has 0 spiro atoms. The lowest BCUT2D eigenvalue weighted by atomic mass is 10.1. The minimum Gasteiger partial charge on any atom is -0.480 e. The van der Waals surface area contributed by atoms with Crippen molar-refractivity contribution in [3.63, 3.8) is 0 Å². The predicted molar refractivity (Wildman–Crippen MR) is 130 cm³/mol. The number of aliphatic carboxylic acids is 3. The van der Waals surface area contributed by atoms with E-state index >= 15 is 0 Å². The van der Waals surface area contributed by atoms with Gasteiger partial charge < -0.3 is 49.7 Å². The molecule has 0 aromatic carbocycles. The smallest absolute Gasteiger partial charge is 0.320 e. The first kappa shape index (κ1) is 41.0. The lowest BCUT2D eigenvalue weighted by Crippen LogP contribution is -2.29. The van der Waals surface area contributed by atoms with E-state index in [0.717, 1.165) is 38.5 Å². The van der Waals surface area contributed by atoms with Crippen LogP contribution in [0.15, 0.2) is 0 Å². The van der Waals surface area contributed by atoms with Crippen LogP contribution in [0.3, 0.4) is 0 Å². The number of unbranched alkanes of at least 4 members (excludes halogenated alkanes) is 3. The third-order valence-corrected chi connectivity index (χ3v) is 3.86. The largest absolute Gasteiger partial charge is 0.480 e.